The van der Waals surface area contributed by atoms with Crippen molar-refractivity contribution in [3.8, 4) is 0 Å². The molecule has 0 bridgehead atoms. The molecule has 2 aliphatic rings. The summed E-state index contributed by atoms with van der Waals surface area (Å²) in [5.74, 6) is 0.558. The van der Waals surface area contributed by atoms with Crippen LogP contribution in [-0.4, -0.2) is 52.9 Å². The van der Waals surface area contributed by atoms with Crippen LogP contribution in [0.15, 0.2) is 52.4 Å². The molecule has 2 unspecified atom stereocenters. The quantitative estimate of drug-likeness (QED) is 0.575. The van der Waals surface area contributed by atoms with Crippen molar-refractivity contribution in [1.29, 1.82) is 0 Å². The summed E-state index contributed by atoms with van der Waals surface area (Å²) in [7, 11) is 0. The van der Waals surface area contributed by atoms with E-state index in [2.05, 4.69) is 10.1 Å². The van der Waals surface area contributed by atoms with Gasteiger partial charge < -0.3 is 14.3 Å². The molecule has 2 saturated heterocycles. The third-order valence-corrected chi connectivity index (χ3v) is 7.47. The molecule has 2 aromatic heterocycles. The lowest BCUT2D eigenvalue weighted by molar-refractivity contribution is -0.138. The number of piperazine rings is 1. The van der Waals surface area contributed by atoms with Crippen molar-refractivity contribution >= 4 is 28.8 Å². The van der Waals surface area contributed by atoms with Gasteiger partial charge in [-0.05, 0) is 37.4 Å². The lowest BCUT2D eigenvalue weighted by Gasteiger charge is -2.36. The highest BCUT2D eigenvalue weighted by molar-refractivity contribution is 7.10. The van der Waals surface area contributed by atoms with Crippen molar-refractivity contribution in [2.75, 3.05) is 31.1 Å². The first-order valence-electron chi connectivity index (χ1n) is 11.3. The highest BCUT2D eigenvalue weighted by Crippen LogP contribution is 2.43. The number of carbonyl (C=O) groups is 2. The highest BCUT2D eigenvalue weighted by atomic mass is 32.1. The predicted octanol–water partition coefficient (Wildman–Crippen LogP) is 3.79. The van der Waals surface area contributed by atoms with E-state index in [-0.39, 0.29) is 30.2 Å². The molecule has 0 spiro atoms. The highest BCUT2D eigenvalue weighted by Gasteiger charge is 2.47. The normalized spacial score (nSPS) is 21.7. The first kappa shape index (κ1) is 21.9. The Bertz CT molecular complexity index is 1120. The number of nitrogens with zero attached hydrogens (tertiary/aromatic N) is 4. The Balaban J connectivity index is 1.32. The summed E-state index contributed by atoms with van der Waals surface area (Å²) in [5.41, 5.74) is 2.87. The van der Waals surface area contributed by atoms with E-state index in [4.69, 9.17) is 4.52 Å². The molecular weight excluding hydrogens is 436 g/mol. The Labute approximate surface area is 197 Å². The largest absolute Gasteiger partial charge is 0.360 e. The Morgan fingerprint density at radius 2 is 1.88 bits per heavy atom. The Morgan fingerprint density at radius 3 is 2.52 bits per heavy atom. The topological polar surface area (TPSA) is 69.9 Å². The number of benzene rings is 1. The van der Waals surface area contributed by atoms with Crippen LogP contribution in [0.1, 0.15) is 34.4 Å². The van der Waals surface area contributed by atoms with Gasteiger partial charge in [0.25, 0.3) is 0 Å². The Hall–Kier alpha value is -2.97. The molecule has 2 fully saturated rings. The number of amides is 2. The average molecular weight is 465 g/mol. The smallest absolute Gasteiger partial charge is 0.228 e. The molecule has 2 aliphatic heterocycles. The van der Waals surface area contributed by atoms with Crippen LogP contribution < -0.4 is 4.90 Å². The van der Waals surface area contributed by atoms with Gasteiger partial charge >= 0.3 is 0 Å². The maximum absolute atomic E-state index is 13.7. The lowest BCUT2D eigenvalue weighted by Crippen LogP contribution is -2.50. The lowest BCUT2D eigenvalue weighted by atomic mass is 9.96. The summed E-state index contributed by atoms with van der Waals surface area (Å²) in [6, 6.07) is 13.7. The zero-order valence-electron chi connectivity index (χ0n) is 18.9. The van der Waals surface area contributed by atoms with Crippen molar-refractivity contribution in [3.05, 3.63) is 69.7 Å². The minimum absolute atomic E-state index is 0.00919. The third kappa shape index (κ3) is 4.45. The molecular formula is C25H28N4O3S. The van der Waals surface area contributed by atoms with Gasteiger partial charge in [0, 0.05) is 49.2 Å². The van der Waals surface area contributed by atoms with Crippen molar-refractivity contribution < 1.29 is 14.1 Å². The van der Waals surface area contributed by atoms with E-state index in [0.29, 0.717) is 19.6 Å². The van der Waals surface area contributed by atoms with Gasteiger partial charge in [0.05, 0.1) is 24.2 Å². The molecule has 2 atom stereocenters. The van der Waals surface area contributed by atoms with Crippen molar-refractivity contribution in [2.24, 2.45) is 5.92 Å². The third-order valence-electron chi connectivity index (χ3n) is 6.53. The van der Waals surface area contributed by atoms with E-state index < -0.39 is 0 Å². The second-order valence-corrected chi connectivity index (χ2v) is 9.89. The van der Waals surface area contributed by atoms with Crippen molar-refractivity contribution in [2.45, 2.75) is 32.9 Å². The molecule has 2 amide bonds. The fourth-order valence-electron chi connectivity index (χ4n) is 4.82. The number of hydrogen-bond acceptors (Lipinski definition) is 6. The molecule has 3 aromatic rings. The molecule has 0 aliphatic carbocycles. The molecule has 5 rings (SSSR count). The minimum atomic E-state index is -0.374. The number of aryl methyl sites for hydroxylation is 2. The van der Waals surface area contributed by atoms with Gasteiger partial charge in [-0.25, -0.2) is 0 Å². The maximum atomic E-state index is 13.7. The second kappa shape index (κ2) is 9.11. The van der Waals surface area contributed by atoms with E-state index >= 15 is 0 Å². The van der Waals surface area contributed by atoms with Crippen LogP contribution in [0, 0.1) is 19.8 Å². The van der Waals surface area contributed by atoms with Gasteiger partial charge in [-0.3, -0.25) is 14.5 Å². The van der Waals surface area contributed by atoms with E-state index in [1.165, 1.54) is 0 Å². The monoisotopic (exact) mass is 464 g/mol. The maximum Gasteiger partial charge on any atom is 0.228 e. The first-order chi connectivity index (χ1) is 16.0. The molecule has 1 aromatic carbocycles. The van der Waals surface area contributed by atoms with Crippen LogP contribution in [0.2, 0.25) is 0 Å². The molecule has 0 N–H and O–H groups in total. The zero-order valence-corrected chi connectivity index (χ0v) is 19.8. The van der Waals surface area contributed by atoms with Crippen molar-refractivity contribution in [1.82, 2.24) is 15.0 Å². The Kier molecular flexibility index (Phi) is 6.03. The van der Waals surface area contributed by atoms with E-state index in [1.54, 1.807) is 11.3 Å². The van der Waals surface area contributed by atoms with Crippen LogP contribution in [0.4, 0.5) is 5.69 Å². The van der Waals surface area contributed by atoms with Gasteiger partial charge in [0.15, 0.2) is 5.76 Å². The number of hydrogen-bond donors (Lipinski definition) is 0. The minimum Gasteiger partial charge on any atom is -0.360 e. The molecule has 172 valence electrons. The molecule has 4 heterocycles. The summed E-state index contributed by atoms with van der Waals surface area (Å²) in [5, 5.41) is 5.96. The number of rotatable bonds is 5. The zero-order chi connectivity index (χ0) is 22.9. The molecule has 0 saturated carbocycles. The van der Waals surface area contributed by atoms with Crippen LogP contribution in [0.3, 0.4) is 0 Å². The van der Waals surface area contributed by atoms with Crippen LogP contribution in [0.5, 0.6) is 0 Å². The summed E-state index contributed by atoms with van der Waals surface area (Å²) < 4.78 is 5.34. The van der Waals surface area contributed by atoms with E-state index in [1.807, 2.05) is 71.5 Å². The number of anilines is 1. The van der Waals surface area contributed by atoms with E-state index in [0.717, 1.165) is 40.7 Å². The summed E-state index contributed by atoms with van der Waals surface area (Å²) >= 11 is 1.61. The fraction of sp³-hybridized carbons (Fsp3) is 0.400. The predicted molar refractivity (Wildman–Crippen MR) is 127 cm³/mol. The molecule has 8 heteroatoms. The molecule has 7 nitrogen and oxygen atoms in total. The fourth-order valence-corrected chi connectivity index (χ4v) is 5.70. The molecule has 0 radical (unpaired) electrons. The molecule has 33 heavy (non-hydrogen) atoms. The van der Waals surface area contributed by atoms with Gasteiger partial charge in [-0.2, -0.15) is 0 Å². The number of thiophene rings is 1. The summed E-state index contributed by atoms with van der Waals surface area (Å²) in [6.07, 6.45) is 0.243. The van der Waals surface area contributed by atoms with Gasteiger partial charge in [0.2, 0.25) is 11.8 Å². The standard InChI is InChI=1S/C25H28N4O3S/c1-17-5-7-19(8-6-17)29-23(30)15-21(24(29)22-4-3-13-33-22)25(31)28-11-9-27(10-12-28)16-20-14-18(2)26-32-20/h3-8,13-14,21,24H,9-12,15-16H2,1-2H3. The van der Waals surface area contributed by atoms with Crippen LogP contribution in [-0.2, 0) is 16.1 Å². The van der Waals surface area contributed by atoms with Crippen LogP contribution >= 0.6 is 11.3 Å². The summed E-state index contributed by atoms with van der Waals surface area (Å²) in [4.78, 5) is 33.9. The number of aromatic nitrogens is 1. The van der Waals surface area contributed by atoms with Crippen molar-refractivity contribution in [3.63, 3.8) is 0 Å². The average Bonchev–Trinajstić information content (AvgIpc) is 3.55. The SMILES string of the molecule is Cc1ccc(N2C(=O)CC(C(=O)N3CCN(Cc4cc(C)no4)CC3)C2c2cccs2)cc1. The first-order valence-corrected chi connectivity index (χ1v) is 12.2. The van der Waals surface area contributed by atoms with Gasteiger partial charge in [-0.15, -0.1) is 11.3 Å². The Morgan fingerprint density at radius 1 is 1.12 bits per heavy atom. The summed E-state index contributed by atoms with van der Waals surface area (Å²) in [6.45, 7) is 7.49. The van der Waals surface area contributed by atoms with Gasteiger partial charge in [-0.1, -0.05) is 28.9 Å². The number of carbonyl (C=O) groups excluding carboxylic acids is 2. The van der Waals surface area contributed by atoms with E-state index in [9.17, 15) is 9.59 Å². The van der Waals surface area contributed by atoms with Crippen LogP contribution in [0.25, 0.3) is 0 Å². The van der Waals surface area contributed by atoms with Gasteiger partial charge in [0.1, 0.15) is 0 Å². The second-order valence-electron chi connectivity index (χ2n) is 8.91.